The van der Waals surface area contributed by atoms with Crippen LogP contribution in [0.15, 0.2) is 89.1 Å². The smallest absolute Gasteiger partial charge is 0.379 e. The highest BCUT2D eigenvalue weighted by atomic mass is 16.6. The second kappa shape index (κ2) is 8.75. The molecule has 5 rings (SSSR count). The highest BCUT2D eigenvalue weighted by molar-refractivity contribution is 6.13. The molecule has 3 aromatic carbocycles. The molecule has 0 N–H and O–H groups in total. The van der Waals surface area contributed by atoms with Crippen LogP contribution in [0.4, 0.5) is 0 Å². The Morgan fingerprint density at radius 1 is 0.971 bits per heavy atom. The maximum absolute atomic E-state index is 12.8. The van der Waals surface area contributed by atoms with E-state index in [1.54, 1.807) is 43.3 Å². The summed E-state index contributed by atoms with van der Waals surface area (Å²) >= 11 is 0. The van der Waals surface area contributed by atoms with E-state index >= 15 is 0 Å². The first-order valence-corrected chi connectivity index (χ1v) is 10.6. The maximum atomic E-state index is 12.8. The van der Waals surface area contributed by atoms with E-state index in [0.29, 0.717) is 28.2 Å². The molecule has 1 aliphatic rings. The summed E-state index contributed by atoms with van der Waals surface area (Å²) in [5, 5.41) is 0.726. The maximum Gasteiger partial charge on any atom is 0.379 e. The molecule has 1 aromatic heterocycles. The lowest BCUT2D eigenvalue weighted by Crippen LogP contribution is -2.08. The number of carbonyl (C=O) groups excluding carboxylic acids is 2. The summed E-state index contributed by atoms with van der Waals surface area (Å²) in [7, 11) is 1.53. The van der Waals surface area contributed by atoms with Crippen molar-refractivity contribution >= 4 is 28.8 Å². The van der Waals surface area contributed by atoms with E-state index in [2.05, 4.69) is 0 Å². The number of allylic oxidation sites excluding steroid dienone is 3. The molecule has 0 saturated carbocycles. The van der Waals surface area contributed by atoms with Gasteiger partial charge in [-0.2, -0.15) is 0 Å². The van der Waals surface area contributed by atoms with Crippen molar-refractivity contribution in [3.8, 4) is 17.2 Å². The number of fused-ring (bicyclic) bond motifs is 2. The zero-order chi connectivity index (χ0) is 23.7. The van der Waals surface area contributed by atoms with Crippen molar-refractivity contribution in [2.75, 3.05) is 7.11 Å². The molecule has 0 radical (unpaired) electrons. The van der Waals surface area contributed by atoms with E-state index in [0.717, 1.165) is 10.9 Å². The van der Waals surface area contributed by atoms with Gasteiger partial charge in [0.25, 0.3) is 0 Å². The quantitative estimate of drug-likeness (QED) is 0.206. The standard InChI is InChI=1S/C28H20O6/c1-17-21(34-28(30)24-16-19-11-7-13-23(31-2)27(19)33-24)15-14-20-25(29)22(32-26(17)20)12-6-10-18-8-4-3-5-9-18/h3-16H,1-2H3/b10-6+,22-12-. The molecular formula is C28H20O6. The largest absolute Gasteiger partial charge is 0.493 e. The highest BCUT2D eigenvalue weighted by Crippen LogP contribution is 2.39. The molecule has 34 heavy (non-hydrogen) atoms. The predicted molar refractivity (Wildman–Crippen MR) is 127 cm³/mol. The van der Waals surface area contributed by atoms with Crippen LogP contribution in [0.1, 0.15) is 32.0 Å². The number of methoxy groups -OCH3 is 1. The van der Waals surface area contributed by atoms with E-state index in [1.807, 2.05) is 48.5 Å². The van der Waals surface area contributed by atoms with Crippen molar-refractivity contribution < 1.29 is 28.2 Å². The fraction of sp³-hybridized carbons (Fsp3) is 0.0714. The Balaban J connectivity index is 1.37. The predicted octanol–water partition coefficient (Wildman–Crippen LogP) is 6.14. The second-order valence-electron chi connectivity index (χ2n) is 7.68. The summed E-state index contributed by atoms with van der Waals surface area (Å²) in [6.45, 7) is 1.74. The monoisotopic (exact) mass is 452 g/mol. The molecule has 6 nitrogen and oxygen atoms in total. The lowest BCUT2D eigenvalue weighted by Gasteiger charge is -2.09. The Bertz CT molecular complexity index is 1470. The topological polar surface area (TPSA) is 75.0 Å². The van der Waals surface area contributed by atoms with Gasteiger partial charge in [-0.1, -0.05) is 54.6 Å². The van der Waals surface area contributed by atoms with Crippen LogP contribution < -0.4 is 14.2 Å². The van der Waals surface area contributed by atoms with Crippen molar-refractivity contribution in [1.82, 2.24) is 0 Å². The lowest BCUT2D eigenvalue weighted by molar-refractivity contribution is 0.0702. The van der Waals surface area contributed by atoms with Gasteiger partial charge in [0.1, 0.15) is 11.5 Å². The van der Waals surface area contributed by atoms with Crippen molar-refractivity contribution in [2.45, 2.75) is 6.92 Å². The van der Waals surface area contributed by atoms with Crippen molar-refractivity contribution in [3.63, 3.8) is 0 Å². The first-order chi connectivity index (χ1) is 16.5. The minimum Gasteiger partial charge on any atom is -0.493 e. The summed E-state index contributed by atoms with van der Waals surface area (Å²) in [6, 6.07) is 19.9. The van der Waals surface area contributed by atoms with Gasteiger partial charge in [-0.05, 0) is 42.8 Å². The number of carbonyl (C=O) groups is 2. The summed E-state index contributed by atoms with van der Waals surface area (Å²) in [6.07, 6.45) is 5.28. The number of rotatable bonds is 5. The van der Waals surface area contributed by atoms with Crippen LogP contribution in [-0.2, 0) is 0 Å². The van der Waals surface area contributed by atoms with E-state index < -0.39 is 5.97 Å². The minimum absolute atomic E-state index is 0.0445. The third-order valence-electron chi connectivity index (χ3n) is 5.50. The average molecular weight is 452 g/mol. The number of ether oxygens (including phenoxy) is 3. The Labute approximate surface area is 195 Å². The molecule has 0 spiro atoms. The Morgan fingerprint density at radius 2 is 1.79 bits per heavy atom. The van der Waals surface area contributed by atoms with Crippen LogP contribution >= 0.6 is 0 Å². The van der Waals surface area contributed by atoms with Crippen LogP contribution in [0.25, 0.3) is 17.0 Å². The molecule has 168 valence electrons. The van der Waals surface area contributed by atoms with Gasteiger partial charge in [0.05, 0.1) is 12.7 Å². The van der Waals surface area contributed by atoms with E-state index in [9.17, 15) is 9.59 Å². The minimum atomic E-state index is -0.660. The van der Waals surface area contributed by atoms with Crippen LogP contribution in [0.3, 0.4) is 0 Å². The third-order valence-corrected chi connectivity index (χ3v) is 5.50. The number of ketones is 1. The SMILES string of the molecule is COc1cccc2cc(C(=O)Oc3ccc4c(c3C)O/C(=C\C=C\c3ccccc3)C4=O)oc12. The molecule has 0 saturated heterocycles. The molecule has 0 atom stereocenters. The van der Waals surface area contributed by atoms with Crippen molar-refractivity contribution in [3.05, 3.63) is 107 Å². The Morgan fingerprint density at radius 3 is 2.59 bits per heavy atom. The molecule has 0 bridgehead atoms. The van der Waals surface area contributed by atoms with Gasteiger partial charge in [-0.25, -0.2) is 4.79 Å². The molecule has 0 amide bonds. The summed E-state index contributed by atoms with van der Waals surface area (Å²) < 4.78 is 22.3. The van der Waals surface area contributed by atoms with Crippen molar-refractivity contribution in [2.24, 2.45) is 0 Å². The third kappa shape index (κ3) is 3.86. The number of hydrogen-bond donors (Lipinski definition) is 0. The highest BCUT2D eigenvalue weighted by Gasteiger charge is 2.30. The number of esters is 1. The number of Topliss-reactive ketones (excluding diaryl/α,β-unsaturated/α-hetero) is 1. The fourth-order valence-electron chi connectivity index (χ4n) is 3.75. The molecule has 0 aliphatic carbocycles. The zero-order valence-electron chi connectivity index (χ0n) is 18.5. The van der Waals surface area contributed by atoms with Crippen LogP contribution in [-0.4, -0.2) is 18.9 Å². The van der Waals surface area contributed by atoms with Gasteiger partial charge >= 0.3 is 5.97 Å². The summed E-state index contributed by atoms with van der Waals surface area (Å²) in [5.74, 6) is 0.551. The van der Waals surface area contributed by atoms with Gasteiger partial charge in [-0.15, -0.1) is 0 Å². The Kier molecular flexibility index (Phi) is 5.47. The number of para-hydroxylation sites is 1. The van der Waals surface area contributed by atoms with Gasteiger partial charge in [0.2, 0.25) is 11.5 Å². The normalized spacial score (nSPS) is 13.9. The van der Waals surface area contributed by atoms with Gasteiger partial charge in [0, 0.05) is 10.9 Å². The van der Waals surface area contributed by atoms with Gasteiger partial charge < -0.3 is 18.6 Å². The Hall–Kier alpha value is -4.58. The first kappa shape index (κ1) is 21.3. The van der Waals surface area contributed by atoms with Gasteiger partial charge in [0.15, 0.2) is 17.1 Å². The van der Waals surface area contributed by atoms with Crippen molar-refractivity contribution in [1.29, 1.82) is 0 Å². The van der Waals surface area contributed by atoms with E-state index in [-0.39, 0.29) is 23.1 Å². The lowest BCUT2D eigenvalue weighted by atomic mass is 10.1. The molecule has 2 heterocycles. The molecule has 4 aromatic rings. The van der Waals surface area contributed by atoms with Crippen LogP contribution in [0.2, 0.25) is 0 Å². The number of furan rings is 1. The van der Waals surface area contributed by atoms with Crippen LogP contribution in [0.5, 0.6) is 17.2 Å². The molecular weight excluding hydrogens is 432 g/mol. The number of benzene rings is 3. The van der Waals surface area contributed by atoms with E-state index in [1.165, 1.54) is 7.11 Å². The van der Waals surface area contributed by atoms with Gasteiger partial charge in [-0.3, -0.25) is 4.79 Å². The summed E-state index contributed by atoms with van der Waals surface area (Å²) in [4.78, 5) is 25.5. The zero-order valence-corrected chi connectivity index (χ0v) is 18.5. The molecule has 1 aliphatic heterocycles. The molecule has 0 fully saturated rings. The van der Waals surface area contributed by atoms with E-state index in [4.69, 9.17) is 18.6 Å². The molecule has 0 unspecified atom stereocenters. The second-order valence-corrected chi connectivity index (χ2v) is 7.68. The van der Waals surface area contributed by atoms with Crippen LogP contribution in [0, 0.1) is 6.92 Å². The first-order valence-electron chi connectivity index (χ1n) is 10.6. The molecule has 6 heteroatoms. The summed E-state index contributed by atoms with van der Waals surface area (Å²) in [5.41, 5.74) is 2.44. The average Bonchev–Trinajstić information content (AvgIpc) is 3.43. The fourth-order valence-corrected chi connectivity index (χ4v) is 3.75. The number of hydrogen-bond acceptors (Lipinski definition) is 6.